The van der Waals surface area contributed by atoms with Crippen LogP contribution in [0.1, 0.15) is 0 Å². The molecule has 5 nitrogen and oxygen atoms in total. The van der Waals surface area contributed by atoms with Crippen molar-refractivity contribution >= 4 is 15.9 Å². The van der Waals surface area contributed by atoms with Crippen LogP contribution in [0.25, 0.3) is 0 Å². The molecule has 19 heavy (non-hydrogen) atoms. The first-order valence-corrected chi connectivity index (χ1v) is 6.83. The highest BCUT2D eigenvalue weighted by atomic mass is 32.2. The molecule has 0 saturated heterocycles. The Hall–Kier alpha value is -2.34. The summed E-state index contributed by atoms with van der Waals surface area (Å²) in [7, 11) is -3.34. The summed E-state index contributed by atoms with van der Waals surface area (Å²) in [4.78, 5) is 9.66. The molecule has 0 aliphatic rings. The third-order valence-corrected chi connectivity index (χ3v) is 3.89. The smallest absolute Gasteiger partial charge is 0.309 e. The molecule has 0 atom stereocenters. The lowest BCUT2D eigenvalue weighted by molar-refractivity contribution is 0.256. The lowest BCUT2D eigenvalue weighted by Gasteiger charge is -2.03. The molecule has 2 aromatic rings. The molecule has 0 aliphatic carbocycles. The van der Waals surface area contributed by atoms with Crippen LogP contribution in [-0.2, 0) is 9.84 Å². The Labute approximate surface area is 111 Å². The van der Waals surface area contributed by atoms with Gasteiger partial charge in [0.1, 0.15) is 0 Å². The number of urea groups is 1. The van der Waals surface area contributed by atoms with Crippen molar-refractivity contribution < 1.29 is 13.2 Å². The number of hydrogen-bond donors (Lipinski definition) is 2. The van der Waals surface area contributed by atoms with E-state index in [4.69, 9.17) is 4.79 Å². The van der Waals surface area contributed by atoms with Crippen LogP contribution in [0.4, 0.5) is 4.79 Å². The zero-order valence-electron chi connectivity index (χ0n) is 10.1. The molecule has 0 bridgehead atoms. The number of carbonyl (C=O) groups is 1. The van der Waals surface area contributed by atoms with Gasteiger partial charge in [0.05, 0.1) is 9.79 Å². The molecule has 2 amide bonds. The van der Waals surface area contributed by atoms with E-state index < -0.39 is 15.9 Å². The van der Waals surface area contributed by atoms with E-state index >= 15 is 0 Å². The Morgan fingerprint density at radius 2 is 1.00 bits per heavy atom. The van der Waals surface area contributed by atoms with Gasteiger partial charge < -0.3 is 11.5 Å². The van der Waals surface area contributed by atoms with Crippen LogP contribution in [0.2, 0.25) is 0 Å². The van der Waals surface area contributed by atoms with Crippen LogP contribution in [0.3, 0.4) is 0 Å². The van der Waals surface area contributed by atoms with E-state index in [-0.39, 0.29) is 0 Å². The summed E-state index contributed by atoms with van der Waals surface area (Å²) in [5.74, 6) is 0. The summed E-state index contributed by atoms with van der Waals surface area (Å²) in [5, 5.41) is 0. The molecule has 2 aromatic carbocycles. The number of primary amides is 2. The van der Waals surface area contributed by atoms with E-state index in [2.05, 4.69) is 11.5 Å². The van der Waals surface area contributed by atoms with E-state index in [1.54, 1.807) is 60.7 Å². The predicted molar refractivity (Wildman–Crippen MR) is 72.1 cm³/mol. The van der Waals surface area contributed by atoms with Crippen molar-refractivity contribution in [2.24, 2.45) is 11.5 Å². The molecule has 0 heterocycles. The van der Waals surface area contributed by atoms with Gasteiger partial charge in [-0.3, -0.25) is 0 Å². The SMILES string of the molecule is NC(N)=O.O=S(=O)(c1ccccc1)c1ccccc1. The maximum absolute atomic E-state index is 12.0. The number of sulfone groups is 1. The molecule has 0 unspecified atom stereocenters. The van der Waals surface area contributed by atoms with Crippen molar-refractivity contribution in [3.05, 3.63) is 60.7 Å². The summed E-state index contributed by atoms with van der Waals surface area (Å²) in [5.41, 5.74) is 8.50. The number of hydrogen-bond acceptors (Lipinski definition) is 3. The molecule has 0 fully saturated rings. The van der Waals surface area contributed by atoms with E-state index in [1.165, 1.54) is 0 Å². The summed E-state index contributed by atoms with van der Waals surface area (Å²) in [6.45, 7) is 0. The first kappa shape index (κ1) is 14.7. The summed E-state index contributed by atoms with van der Waals surface area (Å²) >= 11 is 0. The van der Waals surface area contributed by atoms with Gasteiger partial charge in [0.2, 0.25) is 9.84 Å². The second kappa shape index (κ2) is 6.55. The van der Waals surface area contributed by atoms with Crippen molar-refractivity contribution in [3.63, 3.8) is 0 Å². The van der Waals surface area contributed by atoms with Crippen molar-refractivity contribution in [1.29, 1.82) is 0 Å². The minimum atomic E-state index is -3.34. The van der Waals surface area contributed by atoms with Crippen molar-refractivity contribution in [2.75, 3.05) is 0 Å². The zero-order valence-corrected chi connectivity index (χ0v) is 10.9. The van der Waals surface area contributed by atoms with Gasteiger partial charge in [0, 0.05) is 0 Å². The monoisotopic (exact) mass is 278 g/mol. The molecule has 0 spiro atoms. The molecule has 0 aliphatic heterocycles. The van der Waals surface area contributed by atoms with Gasteiger partial charge in [0.25, 0.3) is 0 Å². The zero-order chi connectivity index (χ0) is 14.3. The second-order valence-corrected chi connectivity index (χ2v) is 5.48. The van der Waals surface area contributed by atoms with Crippen LogP contribution >= 0.6 is 0 Å². The molecule has 0 radical (unpaired) electrons. The number of nitrogens with two attached hydrogens (primary N) is 2. The lowest BCUT2D eigenvalue weighted by Crippen LogP contribution is -2.18. The van der Waals surface area contributed by atoms with Crippen molar-refractivity contribution in [3.8, 4) is 0 Å². The summed E-state index contributed by atoms with van der Waals surface area (Å²) in [6.07, 6.45) is 0. The first-order valence-electron chi connectivity index (χ1n) is 5.34. The fourth-order valence-corrected chi connectivity index (χ4v) is 2.64. The van der Waals surface area contributed by atoms with Crippen LogP contribution in [0, 0.1) is 0 Å². The van der Waals surface area contributed by atoms with E-state index in [1.807, 2.05) is 0 Å². The van der Waals surface area contributed by atoms with Gasteiger partial charge in [-0.25, -0.2) is 13.2 Å². The molecule has 2 rings (SSSR count). The minimum absolute atomic E-state index is 0.330. The Kier molecular flexibility index (Phi) is 5.08. The quantitative estimate of drug-likeness (QED) is 0.870. The van der Waals surface area contributed by atoms with Crippen LogP contribution in [0.5, 0.6) is 0 Å². The highest BCUT2D eigenvalue weighted by molar-refractivity contribution is 7.91. The second-order valence-electron chi connectivity index (χ2n) is 3.53. The number of carbonyl (C=O) groups excluding carboxylic acids is 1. The standard InChI is InChI=1S/C12H10O2S.CH4N2O/c13-15(14,11-7-3-1-4-8-11)12-9-5-2-6-10-12;2-1(3)4/h1-10H;(H4,2,3,4). The van der Waals surface area contributed by atoms with E-state index in [9.17, 15) is 8.42 Å². The number of amides is 2. The van der Waals surface area contributed by atoms with E-state index in [0.717, 1.165) is 0 Å². The Morgan fingerprint density at radius 1 is 0.737 bits per heavy atom. The van der Waals surface area contributed by atoms with Gasteiger partial charge in [-0.05, 0) is 24.3 Å². The van der Waals surface area contributed by atoms with Gasteiger partial charge in [0.15, 0.2) is 0 Å². The third kappa shape index (κ3) is 4.44. The average molecular weight is 278 g/mol. The van der Waals surface area contributed by atoms with Crippen LogP contribution < -0.4 is 11.5 Å². The third-order valence-electron chi connectivity index (χ3n) is 2.11. The average Bonchev–Trinajstić information content (AvgIpc) is 2.40. The Morgan fingerprint density at radius 3 is 1.26 bits per heavy atom. The lowest BCUT2D eigenvalue weighted by atomic mass is 10.4. The van der Waals surface area contributed by atoms with Crippen molar-refractivity contribution in [1.82, 2.24) is 0 Å². The molecular formula is C13H14N2O3S. The molecule has 0 aromatic heterocycles. The first-order chi connectivity index (χ1) is 8.94. The van der Waals surface area contributed by atoms with Gasteiger partial charge >= 0.3 is 6.03 Å². The van der Waals surface area contributed by atoms with Crippen molar-refractivity contribution in [2.45, 2.75) is 9.79 Å². The maximum atomic E-state index is 12.0. The largest absolute Gasteiger partial charge is 0.352 e. The number of rotatable bonds is 2. The van der Waals surface area contributed by atoms with E-state index in [0.29, 0.717) is 9.79 Å². The topological polar surface area (TPSA) is 103 Å². The molecule has 6 heteroatoms. The summed E-state index contributed by atoms with van der Waals surface area (Å²) in [6, 6.07) is 16.0. The Balaban J connectivity index is 0.000000399. The fourth-order valence-electron chi connectivity index (χ4n) is 1.34. The predicted octanol–water partition coefficient (Wildman–Crippen LogP) is 1.54. The molecule has 4 N–H and O–H groups in total. The highest BCUT2D eigenvalue weighted by Gasteiger charge is 2.15. The molecular weight excluding hydrogens is 264 g/mol. The highest BCUT2D eigenvalue weighted by Crippen LogP contribution is 2.19. The van der Waals surface area contributed by atoms with Gasteiger partial charge in [-0.15, -0.1) is 0 Å². The molecule has 100 valence electrons. The fraction of sp³-hybridized carbons (Fsp3) is 0. The van der Waals surface area contributed by atoms with Gasteiger partial charge in [-0.2, -0.15) is 0 Å². The Bertz CT molecular complexity index is 576. The maximum Gasteiger partial charge on any atom is 0.309 e. The normalized spacial score (nSPS) is 10.1. The molecule has 0 saturated carbocycles. The number of benzene rings is 2. The minimum Gasteiger partial charge on any atom is -0.352 e. The van der Waals surface area contributed by atoms with Gasteiger partial charge in [-0.1, -0.05) is 36.4 Å². The van der Waals surface area contributed by atoms with Crippen LogP contribution in [-0.4, -0.2) is 14.4 Å². The van der Waals surface area contributed by atoms with Crippen LogP contribution in [0.15, 0.2) is 70.5 Å². The summed E-state index contributed by atoms with van der Waals surface area (Å²) < 4.78 is 24.1.